The number of aryl methyl sites for hydroxylation is 2. The molecule has 7 heteroatoms. The largest absolute Gasteiger partial charge is 0.454 e. The van der Waals surface area contributed by atoms with E-state index in [0.29, 0.717) is 5.69 Å². The number of benzene rings is 1. The van der Waals surface area contributed by atoms with Crippen LogP contribution in [0.1, 0.15) is 44.2 Å². The molecule has 3 fully saturated rings. The quantitative estimate of drug-likeness (QED) is 0.558. The summed E-state index contributed by atoms with van der Waals surface area (Å²) >= 11 is 0. The van der Waals surface area contributed by atoms with Gasteiger partial charge in [-0.3, -0.25) is 19.3 Å². The summed E-state index contributed by atoms with van der Waals surface area (Å²) in [6.07, 6.45) is 2.90. The first-order chi connectivity index (χ1) is 14.7. The van der Waals surface area contributed by atoms with Crippen LogP contribution in [0, 0.1) is 43.4 Å². The number of ether oxygens (including phenoxy) is 1. The van der Waals surface area contributed by atoms with Crippen LogP contribution in [0.5, 0.6) is 0 Å². The highest BCUT2D eigenvalue weighted by Gasteiger charge is 2.62. The van der Waals surface area contributed by atoms with Crippen LogP contribution < -0.4 is 5.32 Å². The number of hydrogen-bond acceptors (Lipinski definition) is 5. The van der Waals surface area contributed by atoms with Crippen LogP contribution in [-0.2, 0) is 23.9 Å². The lowest BCUT2D eigenvalue weighted by Gasteiger charge is -2.28. The molecule has 1 saturated heterocycles. The van der Waals surface area contributed by atoms with Crippen LogP contribution in [0.25, 0.3) is 0 Å². The first-order valence-corrected chi connectivity index (χ1v) is 11.1. The molecule has 1 aromatic carbocycles. The van der Waals surface area contributed by atoms with E-state index >= 15 is 0 Å². The second-order valence-corrected chi connectivity index (χ2v) is 9.58. The smallest absolute Gasteiger partial charge is 0.330 e. The summed E-state index contributed by atoms with van der Waals surface area (Å²) in [4.78, 5) is 52.5. The number of esters is 1. The van der Waals surface area contributed by atoms with Gasteiger partial charge in [0.2, 0.25) is 11.8 Å². The van der Waals surface area contributed by atoms with Gasteiger partial charge in [0, 0.05) is 5.69 Å². The van der Waals surface area contributed by atoms with Gasteiger partial charge in [-0.15, -0.1) is 0 Å². The van der Waals surface area contributed by atoms with Crippen molar-refractivity contribution in [3.63, 3.8) is 0 Å². The number of carbonyl (C=O) groups is 4. The van der Waals surface area contributed by atoms with Gasteiger partial charge in [0.05, 0.1) is 11.8 Å². The molecule has 1 N–H and O–H groups in total. The Labute approximate surface area is 182 Å². The van der Waals surface area contributed by atoms with E-state index in [4.69, 9.17) is 4.74 Å². The molecule has 2 bridgehead atoms. The zero-order chi connectivity index (χ0) is 22.4. The molecule has 2 aliphatic carbocycles. The van der Waals surface area contributed by atoms with E-state index < -0.39 is 24.5 Å². The van der Waals surface area contributed by atoms with Crippen LogP contribution in [0.3, 0.4) is 0 Å². The van der Waals surface area contributed by atoms with Gasteiger partial charge in [0.25, 0.3) is 5.91 Å². The van der Waals surface area contributed by atoms with Gasteiger partial charge in [0.1, 0.15) is 6.04 Å². The molecule has 3 aliphatic rings. The minimum atomic E-state index is -1.00. The molecule has 166 valence electrons. The van der Waals surface area contributed by atoms with Crippen LogP contribution in [0.2, 0.25) is 0 Å². The van der Waals surface area contributed by atoms with Crippen LogP contribution >= 0.6 is 0 Å². The van der Waals surface area contributed by atoms with Crippen LogP contribution in [0.4, 0.5) is 5.69 Å². The van der Waals surface area contributed by atoms with Crippen molar-refractivity contribution in [1.29, 1.82) is 0 Å². The predicted octanol–water partition coefficient (Wildman–Crippen LogP) is 2.84. The molecule has 5 atom stereocenters. The van der Waals surface area contributed by atoms with Crippen molar-refractivity contribution in [1.82, 2.24) is 4.90 Å². The van der Waals surface area contributed by atoms with Crippen molar-refractivity contribution in [2.24, 2.45) is 29.6 Å². The van der Waals surface area contributed by atoms with Gasteiger partial charge in [-0.1, -0.05) is 19.9 Å². The van der Waals surface area contributed by atoms with Crippen molar-refractivity contribution in [3.05, 3.63) is 29.3 Å². The molecule has 0 aromatic heterocycles. The number of fused-ring (bicyclic) bond motifs is 5. The highest BCUT2D eigenvalue weighted by atomic mass is 16.5. The molecular weight excluding hydrogens is 396 g/mol. The van der Waals surface area contributed by atoms with Crippen molar-refractivity contribution >= 4 is 29.4 Å². The summed E-state index contributed by atoms with van der Waals surface area (Å²) < 4.78 is 5.26. The Morgan fingerprint density at radius 3 is 2.23 bits per heavy atom. The number of anilines is 1. The molecule has 1 heterocycles. The maximum absolute atomic E-state index is 13.1. The number of nitrogens with zero attached hydrogens (tertiary/aromatic N) is 1. The van der Waals surface area contributed by atoms with E-state index in [2.05, 4.69) is 5.32 Å². The van der Waals surface area contributed by atoms with Gasteiger partial charge >= 0.3 is 5.97 Å². The normalized spacial score (nSPS) is 27.6. The van der Waals surface area contributed by atoms with Crippen LogP contribution in [-0.4, -0.2) is 41.2 Å². The van der Waals surface area contributed by atoms with Crippen molar-refractivity contribution in [2.75, 3.05) is 11.9 Å². The third-order valence-electron chi connectivity index (χ3n) is 7.25. The highest BCUT2D eigenvalue weighted by Crippen LogP contribution is 2.56. The highest BCUT2D eigenvalue weighted by molar-refractivity contribution is 6.08. The molecule has 0 radical (unpaired) electrons. The first-order valence-electron chi connectivity index (χ1n) is 11.1. The number of likely N-dealkylation sites (tertiary alicyclic amines) is 1. The van der Waals surface area contributed by atoms with E-state index in [1.807, 2.05) is 26.0 Å². The SMILES string of the molecule is Cc1ccc(NC(=O)COC(=O)[C@H](C(C)C)N2C(=O)[C@@H]3[C@H]4CC[C@@H](C4)[C@@H]3C2=O)cc1C. The Kier molecular flexibility index (Phi) is 5.62. The monoisotopic (exact) mass is 426 g/mol. The topological polar surface area (TPSA) is 92.8 Å². The third kappa shape index (κ3) is 3.75. The zero-order valence-electron chi connectivity index (χ0n) is 18.5. The molecule has 31 heavy (non-hydrogen) atoms. The molecule has 0 unspecified atom stereocenters. The number of hydrogen-bond donors (Lipinski definition) is 1. The second kappa shape index (κ2) is 8.09. The van der Waals surface area contributed by atoms with E-state index in [-0.39, 0.29) is 41.4 Å². The molecule has 3 amide bonds. The van der Waals surface area contributed by atoms with Crippen LogP contribution in [0.15, 0.2) is 18.2 Å². The summed E-state index contributed by atoms with van der Waals surface area (Å²) in [7, 11) is 0. The van der Waals surface area contributed by atoms with E-state index in [1.54, 1.807) is 19.9 Å². The van der Waals surface area contributed by atoms with E-state index in [9.17, 15) is 19.2 Å². The van der Waals surface area contributed by atoms with Gasteiger partial charge < -0.3 is 10.1 Å². The summed E-state index contributed by atoms with van der Waals surface area (Å²) in [5.41, 5.74) is 2.78. The standard InChI is InChI=1S/C24H30N2O5/c1-12(2)21(26-22(28)19-15-6-7-16(10-15)20(19)23(26)29)24(30)31-11-18(27)25-17-8-5-13(3)14(4)9-17/h5,8-9,12,15-16,19-21H,6-7,10-11H2,1-4H3,(H,25,27)/t15-,16-,19-,20+,21-/m0/s1. The van der Waals surface area contributed by atoms with Gasteiger partial charge in [-0.05, 0) is 74.1 Å². The summed E-state index contributed by atoms with van der Waals surface area (Å²) in [6, 6.07) is 4.54. The number of carbonyl (C=O) groups excluding carboxylic acids is 4. The number of imide groups is 1. The Hall–Kier alpha value is -2.70. The third-order valence-corrected chi connectivity index (χ3v) is 7.25. The number of rotatable bonds is 6. The average molecular weight is 427 g/mol. The fourth-order valence-electron chi connectivity index (χ4n) is 5.62. The second-order valence-electron chi connectivity index (χ2n) is 9.58. The number of amides is 3. The fraction of sp³-hybridized carbons (Fsp3) is 0.583. The lowest BCUT2D eigenvalue weighted by atomic mass is 9.81. The van der Waals surface area contributed by atoms with Gasteiger partial charge in [-0.25, -0.2) is 4.79 Å². The Balaban J connectivity index is 1.41. The lowest BCUT2D eigenvalue weighted by Crippen LogP contribution is -2.50. The Bertz CT molecular complexity index is 912. The fourth-order valence-corrected chi connectivity index (χ4v) is 5.62. The predicted molar refractivity (Wildman–Crippen MR) is 114 cm³/mol. The van der Waals surface area contributed by atoms with Gasteiger partial charge in [-0.2, -0.15) is 0 Å². The molecule has 0 spiro atoms. The molecule has 2 saturated carbocycles. The summed E-state index contributed by atoms with van der Waals surface area (Å²) in [6.45, 7) is 7.02. The maximum Gasteiger partial charge on any atom is 0.330 e. The summed E-state index contributed by atoms with van der Waals surface area (Å²) in [5.74, 6) is -2.02. The van der Waals surface area contributed by atoms with E-state index in [1.165, 1.54) is 0 Å². The molecule has 1 aliphatic heterocycles. The van der Waals surface area contributed by atoms with E-state index in [0.717, 1.165) is 35.3 Å². The minimum absolute atomic E-state index is 0.238. The van der Waals surface area contributed by atoms with Crippen molar-refractivity contribution in [3.8, 4) is 0 Å². The Morgan fingerprint density at radius 1 is 1.06 bits per heavy atom. The van der Waals surface area contributed by atoms with Crippen molar-refractivity contribution < 1.29 is 23.9 Å². The zero-order valence-corrected chi connectivity index (χ0v) is 18.5. The molecular formula is C24H30N2O5. The number of nitrogens with one attached hydrogen (secondary N) is 1. The molecule has 1 aromatic rings. The Morgan fingerprint density at radius 2 is 1.68 bits per heavy atom. The first kappa shape index (κ1) is 21.5. The summed E-state index contributed by atoms with van der Waals surface area (Å²) in [5, 5.41) is 2.71. The average Bonchev–Trinajstić information content (AvgIpc) is 3.39. The minimum Gasteiger partial charge on any atom is -0.454 e. The molecule has 4 rings (SSSR count). The lowest BCUT2D eigenvalue weighted by molar-refractivity contribution is -0.162. The molecule has 7 nitrogen and oxygen atoms in total. The maximum atomic E-state index is 13.1. The van der Waals surface area contributed by atoms with Gasteiger partial charge in [0.15, 0.2) is 6.61 Å². The van der Waals surface area contributed by atoms with Crippen molar-refractivity contribution in [2.45, 2.75) is 53.0 Å².